The SMILES string of the molecule is CCc1ccc(-c2noc(CN3CCN(Cc4csc5ccccc45)CC3)n2)cc1. The average Bonchev–Trinajstić information content (AvgIpc) is 3.43. The van der Waals surface area contributed by atoms with Crippen LogP contribution in [0.3, 0.4) is 0 Å². The maximum Gasteiger partial charge on any atom is 0.241 e. The number of piperazine rings is 1. The Balaban J connectivity index is 1.16. The van der Waals surface area contributed by atoms with E-state index in [1.807, 2.05) is 11.3 Å². The van der Waals surface area contributed by atoms with Crippen molar-refractivity contribution in [3.05, 3.63) is 70.9 Å². The Bertz CT molecular complexity index is 1110. The van der Waals surface area contributed by atoms with E-state index in [2.05, 4.69) is 80.8 Å². The molecule has 0 aliphatic carbocycles. The van der Waals surface area contributed by atoms with Gasteiger partial charge >= 0.3 is 0 Å². The van der Waals surface area contributed by atoms with Gasteiger partial charge in [0.2, 0.25) is 11.7 Å². The van der Waals surface area contributed by atoms with Crippen molar-refractivity contribution in [1.82, 2.24) is 19.9 Å². The molecular weight excluding hydrogens is 392 g/mol. The molecule has 5 rings (SSSR count). The highest BCUT2D eigenvalue weighted by Crippen LogP contribution is 2.27. The van der Waals surface area contributed by atoms with Gasteiger partial charge < -0.3 is 4.52 Å². The molecule has 0 spiro atoms. The highest BCUT2D eigenvalue weighted by molar-refractivity contribution is 7.17. The molecule has 30 heavy (non-hydrogen) atoms. The molecule has 1 aliphatic heterocycles. The first-order valence-corrected chi connectivity index (χ1v) is 11.5. The smallest absolute Gasteiger partial charge is 0.241 e. The Kier molecular flexibility index (Phi) is 5.62. The number of aryl methyl sites for hydroxylation is 1. The quantitative estimate of drug-likeness (QED) is 0.449. The molecule has 2 aromatic heterocycles. The van der Waals surface area contributed by atoms with Crippen LogP contribution in [0, 0.1) is 0 Å². The lowest BCUT2D eigenvalue weighted by atomic mass is 10.1. The summed E-state index contributed by atoms with van der Waals surface area (Å²) in [5, 5.41) is 7.89. The number of aromatic nitrogens is 2. The summed E-state index contributed by atoms with van der Waals surface area (Å²) in [6, 6.07) is 17.1. The summed E-state index contributed by atoms with van der Waals surface area (Å²) in [6.45, 7) is 8.05. The highest BCUT2D eigenvalue weighted by Gasteiger charge is 2.20. The molecular formula is C24H26N4OS. The molecule has 1 aliphatic rings. The lowest BCUT2D eigenvalue weighted by Crippen LogP contribution is -2.45. The van der Waals surface area contributed by atoms with Crippen LogP contribution in [0.1, 0.15) is 23.9 Å². The zero-order valence-corrected chi connectivity index (χ0v) is 18.1. The largest absolute Gasteiger partial charge is 0.338 e. The molecule has 5 nitrogen and oxygen atoms in total. The zero-order valence-electron chi connectivity index (χ0n) is 17.3. The average molecular weight is 419 g/mol. The minimum atomic E-state index is 0.677. The topological polar surface area (TPSA) is 45.4 Å². The van der Waals surface area contributed by atoms with Crippen molar-refractivity contribution in [3.63, 3.8) is 0 Å². The first-order chi connectivity index (χ1) is 14.8. The predicted molar refractivity (Wildman–Crippen MR) is 121 cm³/mol. The van der Waals surface area contributed by atoms with E-state index in [1.54, 1.807) is 0 Å². The van der Waals surface area contributed by atoms with Gasteiger partial charge in [-0.15, -0.1) is 11.3 Å². The first-order valence-electron chi connectivity index (χ1n) is 10.6. The van der Waals surface area contributed by atoms with Crippen molar-refractivity contribution in [2.24, 2.45) is 0 Å². The second-order valence-corrected chi connectivity index (χ2v) is 8.78. The van der Waals surface area contributed by atoms with Crippen LogP contribution in [-0.2, 0) is 19.5 Å². The Morgan fingerprint density at radius 3 is 2.43 bits per heavy atom. The summed E-state index contributed by atoms with van der Waals surface area (Å²) in [5.74, 6) is 1.37. The lowest BCUT2D eigenvalue weighted by molar-refractivity contribution is 0.112. The second-order valence-electron chi connectivity index (χ2n) is 7.87. The molecule has 0 saturated carbocycles. The third-order valence-electron chi connectivity index (χ3n) is 5.87. The molecule has 6 heteroatoms. The molecule has 3 heterocycles. The van der Waals surface area contributed by atoms with Gasteiger partial charge in [-0.25, -0.2) is 0 Å². The zero-order chi connectivity index (χ0) is 20.3. The van der Waals surface area contributed by atoms with Gasteiger partial charge in [0.05, 0.1) is 6.54 Å². The third-order valence-corrected chi connectivity index (χ3v) is 6.88. The van der Waals surface area contributed by atoms with Crippen molar-refractivity contribution >= 4 is 21.4 Å². The first kappa shape index (κ1) is 19.4. The number of benzene rings is 2. The molecule has 0 amide bonds. The van der Waals surface area contributed by atoms with E-state index in [0.717, 1.165) is 51.3 Å². The molecule has 2 aromatic carbocycles. The summed E-state index contributed by atoms with van der Waals surface area (Å²) in [6.07, 6.45) is 1.03. The monoisotopic (exact) mass is 418 g/mol. The van der Waals surface area contributed by atoms with E-state index in [-0.39, 0.29) is 0 Å². The van der Waals surface area contributed by atoms with Crippen molar-refractivity contribution in [3.8, 4) is 11.4 Å². The fraction of sp³-hybridized carbons (Fsp3) is 0.333. The summed E-state index contributed by atoms with van der Waals surface area (Å²) in [4.78, 5) is 9.56. The van der Waals surface area contributed by atoms with Crippen molar-refractivity contribution in [1.29, 1.82) is 0 Å². The molecule has 0 bridgehead atoms. The van der Waals surface area contributed by atoms with Crippen LogP contribution in [0.2, 0.25) is 0 Å². The maximum absolute atomic E-state index is 5.52. The van der Waals surface area contributed by atoms with E-state index in [9.17, 15) is 0 Å². The highest BCUT2D eigenvalue weighted by atomic mass is 32.1. The molecule has 0 N–H and O–H groups in total. The molecule has 154 valence electrons. The number of rotatable bonds is 6. The van der Waals surface area contributed by atoms with Gasteiger partial charge in [0.1, 0.15) is 0 Å². The van der Waals surface area contributed by atoms with Gasteiger partial charge in [-0.2, -0.15) is 4.98 Å². The molecule has 1 saturated heterocycles. The van der Waals surface area contributed by atoms with Crippen LogP contribution >= 0.6 is 11.3 Å². The fourth-order valence-electron chi connectivity index (χ4n) is 4.02. The molecule has 1 fully saturated rings. The summed E-state index contributed by atoms with van der Waals surface area (Å²) < 4.78 is 6.90. The van der Waals surface area contributed by atoms with Crippen LogP contribution in [0.5, 0.6) is 0 Å². The Labute approximate surface area is 180 Å². The van der Waals surface area contributed by atoms with Crippen molar-refractivity contribution in [2.75, 3.05) is 26.2 Å². The molecule has 0 atom stereocenters. The van der Waals surface area contributed by atoms with E-state index in [0.29, 0.717) is 11.7 Å². The summed E-state index contributed by atoms with van der Waals surface area (Å²) in [5.41, 5.74) is 3.77. The maximum atomic E-state index is 5.52. The van der Waals surface area contributed by atoms with Crippen LogP contribution in [0.15, 0.2) is 58.4 Å². The van der Waals surface area contributed by atoms with E-state index >= 15 is 0 Å². The van der Waals surface area contributed by atoms with Gasteiger partial charge in [0, 0.05) is 43.0 Å². The van der Waals surface area contributed by atoms with Crippen molar-refractivity contribution < 1.29 is 4.52 Å². The number of thiophene rings is 1. The van der Waals surface area contributed by atoms with Gasteiger partial charge in [0.25, 0.3) is 0 Å². The van der Waals surface area contributed by atoms with Crippen LogP contribution in [0.4, 0.5) is 0 Å². The van der Waals surface area contributed by atoms with Crippen LogP contribution in [0.25, 0.3) is 21.5 Å². The van der Waals surface area contributed by atoms with E-state index in [1.165, 1.54) is 21.2 Å². The Morgan fingerprint density at radius 2 is 1.67 bits per heavy atom. The Hall–Kier alpha value is -2.54. The number of fused-ring (bicyclic) bond motifs is 1. The van der Waals surface area contributed by atoms with Gasteiger partial charge in [0.15, 0.2) is 0 Å². The van der Waals surface area contributed by atoms with E-state index < -0.39 is 0 Å². The molecule has 0 radical (unpaired) electrons. The van der Waals surface area contributed by atoms with Crippen LogP contribution < -0.4 is 0 Å². The van der Waals surface area contributed by atoms with Gasteiger partial charge in [-0.1, -0.05) is 54.5 Å². The normalized spacial score (nSPS) is 15.8. The van der Waals surface area contributed by atoms with Gasteiger partial charge in [-0.3, -0.25) is 9.80 Å². The summed E-state index contributed by atoms with van der Waals surface area (Å²) >= 11 is 1.84. The summed E-state index contributed by atoms with van der Waals surface area (Å²) in [7, 11) is 0. The van der Waals surface area contributed by atoms with Crippen molar-refractivity contribution in [2.45, 2.75) is 26.4 Å². The van der Waals surface area contributed by atoms with E-state index in [4.69, 9.17) is 4.52 Å². The third kappa shape index (κ3) is 4.17. The number of nitrogens with zero attached hydrogens (tertiary/aromatic N) is 4. The lowest BCUT2D eigenvalue weighted by Gasteiger charge is -2.33. The predicted octanol–water partition coefficient (Wildman–Crippen LogP) is 4.83. The second kappa shape index (κ2) is 8.68. The minimum Gasteiger partial charge on any atom is -0.338 e. The molecule has 4 aromatic rings. The number of hydrogen-bond donors (Lipinski definition) is 0. The van der Waals surface area contributed by atoms with Gasteiger partial charge in [-0.05, 0) is 34.4 Å². The van der Waals surface area contributed by atoms with Crippen LogP contribution in [-0.4, -0.2) is 46.1 Å². The minimum absolute atomic E-state index is 0.677. The molecule has 0 unspecified atom stereocenters. The fourth-order valence-corrected chi connectivity index (χ4v) is 4.97. The number of hydrogen-bond acceptors (Lipinski definition) is 6. The standard InChI is InChI=1S/C24H26N4OS/c1-2-18-7-9-19(10-8-18)24-25-23(29-26-24)16-28-13-11-27(12-14-28)15-20-17-30-22-6-4-3-5-21(20)22/h3-10,17H,2,11-16H2,1H3. The Morgan fingerprint density at radius 1 is 0.933 bits per heavy atom.